The van der Waals surface area contributed by atoms with Gasteiger partial charge in [0.1, 0.15) is 6.20 Å². The van der Waals surface area contributed by atoms with E-state index in [-0.39, 0.29) is 11.5 Å². The zero-order valence-electron chi connectivity index (χ0n) is 10.8. The largest absolute Gasteiger partial charge is 0.385 e. The van der Waals surface area contributed by atoms with Crippen LogP contribution in [0.25, 0.3) is 0 Å². The average molecular weight is 267 g/mol. The molecule has 1 heterocycles. The molecule has 0 aromatic carbocycles. The molecule has 1 aromatic heterocycles. The summed E-state index contributed by atoms with van der Waals surface area (Å²) in [6.45, 7) is 1.31. The van der Waals surface area contributed by atoms with Crippen molar-refractivity contribution in [2.75, 3.05) is 30.9 Å². The average Bonchev–Trinajstić information content (AvgIpc) is 3.18. The lowest BCUT2D eigenvalue weighted by Crippen LogP contribution is -2.11. The van der Waals surface area contributed by atoms with Crippen molar-refractivity contribution in [2.45, 2.75) is 25.3 Å². The predicted octanol–water partition coefficient (Wildman–Crippen LogP) is 1.41. The first kappa shape index (κ1) is 13.5. The monoisotopic (exact) mass is 267 g/mol. The zero-order chi connectivity index (χ0) is 13.7. The van der Waals surface area contributed by atoms with Crippen LogP contribution in [0.1, 0.15) is 19.3 Å². The Morgan fingerprint density at radius 3 is 3.00 bits per heavy atom. The summed E-state index contributed by atoms with van der Waals surface area (Å²) in [5.41, 5.74) is -0.0886. The molecule has 0 amide bonds. The van der Waals surface area contributed by atoms with Crippen LogP contribution in [0.2, 0.25) is 0 Å². The molecule has 8 nitrogen and oxygen atoms in total. The number of anilines is 2. The van der Waals surface area contributed by atoms with Crippen molar-refractivity contribution < 1.29 is 9.66 Å². The Morgan fingerprint density at radius 1 is 1.58 bits per heavy atom. The highest BCUT2D eigenvalue weighted by Crippen LogP contribution is 2.29. The highest BCUT2D eigenvalue weighted by molar-refractivity contribution is 5.57. The number of nitro groups is 1. The lowest BCUT2D eigenvalue weighted by Gasteiger charge is -2.08. The Labute approximate surface area is 110 Å². The molecule has 0 radical (unpaired) electrons. The van der Waals surface area contributed by atoms with E-state index in [4.69, 9.17) is 4.74 Å². The van der Waals surface area contributed by atoms with Crippen LogP contribution in [0, 0.1) is 10.1 Å². The minimum atomic E-state index is -0.473. The molecule has 1 fully saturated rings. The standard InChI is InChI=1S/C11H17N5O3/c1-19-6-2-5-12-11-13-7-9(16(17)18)10(15-11)14-8-3-4-8/h7-8H,2-6H2,1H3,(H2,12,13,14,15). The van der Waals surface area contributed by atoms with Gasteiger partial charge >= 0.3 is 5.69 Å². The molecule has 1 aliphatic carbocycles. The Balaban J connectivity index is 2.01. The molecule has 2 N–H and O–H groups in total. The van der Waals surface area contributed by atoms with Crippen LogP contribution in [0.4, 0.5) is 17.5 Å². The van der Waals surface area contributed by atoms with Crippen molar-refractivity contribution in [1.82, 2.24) is 9.97 Å². The van der Waals surface area contributed by atoms with E-state index in [2.05, 4.69) is 20.6 Å². The molecule has 1 aromatic rings. The number of ether oxygens (including phenoxy) is 1. The Hall–Kier alpha value is -1.96. The van der Waals surface area contributed by atoms with Gasteiger partial charge in [0.25, 0.3) is 0 Å². The van der Waals surface area contributed by atoms with Gasteiger partial charge in [0.2, 0.25) is 11.8 Å². The molecule has 0 unspecified atom stereocenters. The van der Waals surface area contributed by atoms with Crippen LogP contribution in [0.5, 0.6) is 0 Å². The van der Waals surface area contributed by atoms with Gasteiger partial charge in [-0.2, -0.15) is 4.98 Å². The van der Waals surface area contributed by atoms with E-state index in [1.807, 2.05) is 0 Å². The van der Waals surface area contributed by atoms with Crippen molar-refractivity contribution >= 4 is 17.5 Å². The maximum absolute atomic E-state index is 10.9. The van der Waals surface area contributed by atoms with Crippen LogP contribution >= 0.6 is 0 Å². The van der Waals surface area contributed by atoms with Crippen molar-refractivity contribution in [3.63, 3.8) is 0 Å². The third-order valence-electron chi connectivity index (χ3n) is 2.69. The second kappa shape index (κ2) is 6.28. The van der Waals surface area contributed by atoms with Gasteiger partial charge in [-0.3, -0.25) is 10.1 Å². The lowest BCUT2D eigenvalue weighted by molar-refractivity contribution is -0.384. The summed E-state index contributed by atoms with van der Waals surface area (Å²) in [5, 5.41) is 16.9. The van der Waals surface area contributed by atoms with E-state index in [1.165, 1.54) is 6.20 Å². The fraction of sp³-hybridized carbons (Fsp3) is 0.636. The number of hydrogen-bond acceptors (Lipinski definition) is 7. The van der Waals surface area contributed by atoms with Crippen LogP contribution in [-0.4, -0.2) is 41.2 Å². The quantitative estimate of drug-likeness (QED) is 0.417. The van der Waals surface area contributed by atoms with Crippen LogP contribution < -0.4 is 10.6 Å². The summed E-state index contributed by atoms with van der Waals surface area (Å²) >= 11 is 0. The first-order valence-electron chi connectivity index (χ1n) is 6.21. The first-order chi connectivity index (χ1) is 9.20. The van der Waals surface area contributed by atoms with E-state index < -0.39 is 4.92 Å². The summed E-state index contributed by atoms with van der Waals surface area (Å²) in [6.07, 6.45) is 4.11. The Morgan fingerprint density at radius 2 is 2.37 bits per heavy atom. The summed E-state index contributed by atoms with van der Waals surface area (Å²) in [5.74, 6) is 0.682. The number of hydrogen-bond donors (Lipinski definition) is 2. The summed E-state index contributed by atoms with van der Waals surface area (Å²) in [6, 6.07) is 0.301. The second-order valence-corrected chi connectivity index (χ2v) is 4.38. The van der Waals surface area contributed by atoms with Crippen LogP contribution in [0.3, 0.4) is 0 Å². The van der Waals surface area contributed by atoms with Gasteiger partial charge in [-0.15, -0.1) is 0 Å². The first-order valence-corrected chi connectivity index (χ1v) is 6.21. The van der Waals surface area contributed by atoms with Gasteiger partial charge in [0.15, 0.2) is 0 Å². The summed E-state index contributed by atoms with van der Waals surface area (Å²) in [7, 11) is 1.64. The number of methoxy groups -OCH3 is 1. The number of nitrogens with one attached hydrogen (secondary N) is 2. The molecule has 1 aliphatic rings. The SMILES string of the molecule is COCCCNc1ncc([N+](=O)[O-])c(NC2CC2)n1. The maximum atomic E-state index is 10.9. The van der Waals surface area contributed by atoms with Gasteiger partial charge in [0.05, 0.1) is 4.92 Å². The summed E-state index contributed by atoms with van der Waals surface area (Å²) < 4.78 is 4.93. The molecule has 0 aliphatic heterocycles. The molecular weight excluding hydrogens is 250 g/mol. The fourth-order valence-electron chi connectivity index (χ4n) is 1.54. The lowest BCUT2D eigenvalue weighted by atomic mass is 10.4. The fourth-order valence-corrected chi connectivity index (χ4v) is 1.54. The van der Waals surface area contributed by atoms with Gasteiger partial charge < -0.3 is 15.4 Å². The van der Waals surface area contributed by atoms with Crippen molar-refractivity contribution in [3.05, 3.63) is 16.3 Å². The molecule has 0 saturated heterocycles. The van der Waals surface area contributed by atoms with Gasteiger partial charge in [-0.25, -0.2) is 4.98 Å². The highest BCUT2D eigenvalue weighted by atomic mass is 16.6. The van der Waals surface area contributed by atoms with Gasteiger partial charge in [-0.05, 0) is 19.3 Å². The smallest absolute Gasteiger partial charge is 0.329 e. The number of aromatic nitrogens is 2. The normalized spacial score (nSPS) is 14.2. The molecule has 0 atom stereocenters. The number of nitrogens with zero attached hydrogens (tertiary/aromatic N) is 3. The molecule has 104 valence electrons. The molecule has 19 heavy (non-hydrogen) atoms. The third kappa shape index (κ3) is 4.02. The van der Waals surface area contributed by atoms with E-state index >= 15 is 0 Å². The van der Waals surface area contributed by atoms with Crippen LogP contribution in [0.15, 0.2) is 6.20 Å². The second-order valence-electron chi connectivity index (χ2n) is 4.38. The van der Waals surface area contributed by atoms with Crippen molar-refractivity contribution in [2.24, 2.45) is 0 Å². The van der Waals surface area contributed by atoms with E-state index in [9.17, 15) is 10.1 Å². The van der Waals surface area contributed by atoms with Gasteiger partial charge in [-0.1, -0.05) is 0 Å². The maximum Gasteiger partial charge on any atom is 0.329 e. The van der Waals surface area contributed by atoms with Gasteiger partial charge in [0, 0.05) is 26.3 Å². The third-order valence-corrected chi connectivity index (χ3v) is 2.69. The molecular formula is C11H17N5O3. The predicted molar refractivity (Wildman–Crippen MR) is 70.3 cm³/mol. The molecule has 2 rings (SSSR count). The molecule has 8 heteroatoms. The minimum Gasteiger partial charge on any atom is -0.385 e. The molecule has 0 bridgehead atoms. The zero-order valence-corrected chi connectivity index (χ0v) is 10.8. The van der Waals surface area contributed by atoms with Crippen LogP contribution in [-0.2, 0) is 4.74 Å². The van der Waals surface area contributed by atoms with E-state index in [0.717, 1.165) is 19.3 Å². The Bertz CT molecular complexity index is 450. The van der Waals surface area contributed by atoms with Crippen molar-refractivity contribution in [3.8, 4) is 0 Å². The topological polar surface area (TPSA) is 102 Å². The van der Waals surface area contributed by atoms with Crippen molar-refractivity contribution in [1.29, 1.82) is 0 Å². The minimum absolute atomic E-state index is 0.0886. The highest BCUT2D eigenvalue weighted by Gasteiger charge is 2.26. The van der Waals surface area contributed by atoms with E-state index in [0.29, 0.717) is 25.1 Å². The van der Waals surface area contributed by atoms with E-state index in [1.54, 1.807) is 7.11 Å². The Kier molecular flexibility index (Phi) is 4.45. The number of rotatable bonds is 8. The molecule has 1 saturated carbocycles. The summed E-state index contributed by atoms with van der Waals surface area (Å²) in [4.78, 5) is 18.5. The molecule has 0 spiro atoms.